The van der Waals surface area contributed by atoms with Gasteiger partial charge >= 0.3 is 0 Å². The smallest absolute Gasteiger partial charge is 0.260 e. The van der Waals surface area contributed by atoms with Gasteiger partial charge in [0.2, 0.25) is 0 Å². The molecule has 1 aromatic carbocycles. The second kappa shape index (κ2) is 5.88. The molecule has 0 aliphatic rings. The number of rotatable bonds is 5. The summed E-state index contributed by atoms with van der Waals surface area (Å²) in [6.07, 6.45) is 0. The summed E-state index contributed by atoms with van der Waals surface area (Å²) in [4.78, 5) is 0. The number of sulfonamides is 1. The van der Waals surface area contributed by atoms with E-state index in [2.05, 4.69) is 14.9 Å². The van der Waals surface area contributed by atoms with Gasteiger partial charge in [-0.15, -0.1) is 0 Å². The Bertz CT molecular complexity index is 759. The van der Waals surface area contributed by atoms with E-state index in [1.807, 2.05) is 0 Å². The van der Waals surface area contributed by atoms with Crippen molar-refractivity contribution in [1.82, 2.24) is 14.9 Å². The third kappa shape index (κ3) is 3.26. The number of nitrogens with zero attached hydrogens (tertiary/aromatic N) is 1. The van der Waals surface area contributed by atoms with E-state index in [1.54, 1.807) is 6.92 Å². The molecule has 0 atom stereocenters. The molecule has 3 N–H and O–H groups in total. The average molecular weight is 317 g/mol. The summed E-state index contributed by atoms with van der Waals surface area (Å²) in [5, 5.41) is 14.9. The highest BCUT2D eigenvalue weighted by molar-refractivity contribution is 7.89. The molecule has 0 bridgehead atoms. The molecule has 0 radical (unpaired) electrons. The molecular weight excluding hydrogens is 304 g/mol. The van der Waals surface area contributed by atoms with Crippen LogP contribution >= 0.6 is 0 Å². The lowest BCUT2D eigenvalue weighted by Gasteiger charge is -2.07. The zero-order valence-electron chi connectivity index (χ0n) is 11.0. The number of nitrogens with one attached hydrogen (secondary N) is 2. The topological polar surface area (TPSA) is 95.1 Å². The average Bonchev–Trinajstić information content (AvgIpc) is 2.81. The first-order valence-electron chi connectivity index (χ1n) is 5.93. The van der Waals surface area contributed by atoms with Gasteiger partial charge in [0.05, 0.1) is 6.61 Å². The van der Waals surface area contributed by atoms with Gasteiger partial charge in [0.1, 0.15) is 11.6 Å². The Labute approximate surface area is 119 Å². The van der Waals surface area contributed by atoms with Gasteiger partial charge in [-0.1, -0.05) is 0 Å². The van der Waals surface area contributed by atoms with Crippen molar-refractivity contribution < 1.29 is 22.3 Å². The van der Waals surface area contributed by atoms with Crippen LogP contribution in [0.3, 0.4) is 0 Å². The summed E-state index contributed by atoms with van der Waals surface area (Å²) < 4.78 is 52.7. The van der Waals surface area contributed by atoms with Crippen molar-refractivity contribution in [3.8, 4) is 0 Å². The zero-order chi connectivity index (χ0) is 15.6. The Kier molecular flexibility index (Phi) is 4.35. The fourth-order valence-electron chi connectivity index (χ4n) is 1.76. The van der Waals surface area contributed by atoms with Crippen molar-refractivity contribution in [2.75, 3.05) is 0 Å². The fourth-order valence-corrected chi connectivity index (χ4v) is 2.95. The van der Waals surface area contributed by atoms with Crippen molar-refractivity contribution in [3.05, 3.63) is 46.7 Å². The lowest BCUT2D eigenvalue weighted by molar-refractivity contribution is 0.277. The van der Waals surface area contributed by atoms with Crippen LogP contribution in [0.25, 0.3) is 0 Å². The van der Waals surface area contributed by atoms with Gasteiger partial charge in [0.25, 0.3) is 10.0 Å². The first-order valence-corrected chi connectivity index (χ1v) is 7.41. The van der Waals surface area contributed by atoms with Gasteiger partial charge in [-0.2, -0.15) is 5.10 Å². The van der Waals surface area contributed by atoms with Gasteiger partial charge in [-0.3, -0.25) is 5.10 Å². The van der Waals surface area contributed by atoms with Crippen molar-refractivity contribution in [2.45, 2.75) is 25.1 Å². The Morgan fingerprint density at radius 1 is 1.38 bits per heavy atom. The maximum absolute atomic E-state index is 13.4. The van der Waals surface area contributed by atoms with E-state index in [4.69, 9.17) is 5.11 Å². The second-order valence-electron chi connectivity index (χ2n) is 4.35. The van der Waals surface area contributed by atoms with Gasteiger partial charge in [0, 0.05) is 23.4 Å². The molecule has 0 aliphatic carbocycles. The van der Waals surface area contributed by atoms with Crippen LogP contribution in [0.5, 0.6) is 0 Å². The number of benzene rings is 1. The summed E-state index contributed by atoms with van der Waals surface area (Å²) in [6, 6.07) is 2.76. The van der Waals surface area contributed by atoms with Crippen molar-refractivity contribution >= 4 is 10.0 Å². The molecule has 0 unspecified atom stereocenters. The van der Waals surface area contributed by atoms with Gasteiger partial charge in [-0.25, -0.2) is 21.9 Å². The molecule has 2 aromatic rings. The first-order chi connectivity index (χ1) is 9.85. The molecule has 0 fully saturated rings. The number of aromatic amines is 1. The van der Waals surface area contributed by atoms with E-state index in [9.17, 15) is 17.2 Å². The number of hydrogen-bond acceptors (Lipinski definition) is 4. The number of halogens is 2. The van der Waals surface area contributed by atoms with E-state index in [-0.39, 0.29) is 16.2 Å². The number of H-pyrrole nitrogens is 1. The minimum atomic E-state index is -4.05. The first kappa shape index (κ1) is 15.5. The monoisotopic (exact) mass is 317 g/mol. The third-order valence-corrected chi connectivity index (χ3v) is 4.28. The molecule has 0 saturated carbocycles. The van der Waals surface area contributed by atoms with Crippen molar-refractivity contribution in [3.63, 3.8) is 0 Å². The zero-order valence-corrected chi connectivity index (χ0v) is 11.8. The summed E-state index contributed by atoms with van der Waals surface area (Å²) in [7, 11) is -4.05. The maximum Gasteiger partial charge on any atom is 0.260 e. The van der Waals surface area contributed by atoms with Crippen molar-refractivity contribution in [1.29, 1.82) is 0 Å². The third-order valence-electron chi connectivity index (χ3n) is 2.91. The Morgan fingerprint density at radius 2 is 2.10 bits per heavy atom. The second-order valence-corrected chi connectivity index (χ2v) is 6.03. The Balaban J connectivity index is 2.24. The van der Waals surface area contributed by atoms with E-state index in [0.717, 1.165) is 18.2 Å². The van der Waals surface area contributed by atoms with Crippen LogP contribution in [-0.4, -0.2) is 23.7 Å². The van der Waals surface area contributed by atoms with Crippen LogP contribution in [0.1, 0.15) is 16.8 Å². The number of aliphatic hydroxyl groups excluding tert-OH is 1. The fraction of sp³-hybridized carbons (Fsp3) is 0.250. The van der Waals surface area contributed by atoms with E-state index in [0.29, 0.717) is 5.69 Å². The van der Waals surface area contributed by atoms with Crippen molar-refractivity contribution in [2.24, 2.45) is 0 Å². The molecule has 2 rings (SSSR count). The predicted octanol–water partition coefficient (Wildman–Crippen LogP) is 0.967. The van der Waals surface area contributed by atoms with Crippen LogP contribution in [0.4, 0.5) is 8.78 Å². The highest BCUT2D eigenvalue weighted by Gasteiger charge is 2.23. The predicted molar refractivity (Wildman–Crippen MR) is 69.6 cm³/mol. The normalized spacial score (nSPS) is 11.8. The lowest BCUT2D eigenvalue weighted by Crippen LogP contribution is -2.25. The number of aliphatic hydroxyl groups is 1. The van der Waals surface area contributed by atoms with Crippen LogP contribution in [-0.2, 0) is 23.2 Å². The molecule has 6 nitrogen and oxygen atoms in total. The largest absolute Gasteiger partial charge is 0.392 e. The number of hydrogen-bond donors (Lipinski definition) is 3. The molecule has 1 aromatic heterocycles. The number of aromatic nitrogens is 2. The van der Waals surface area contributed by atoms with E-state index < -0.39 is 34.8 Å². The quantitative estimate of drug-likeness (QED) is 0.766. The maximum atomic E-state index is 13.4. The molecule has 0 amide bonds. The van der Waals surface area contributed by atoms with Gasteiger partial charge in [-0.05, 0) is 25.1 Å². The molecule has 0 aliphatic heterocycles. The van der Waals surface area contributed by atoms with Crippen LogP contribution in [0.2, 0.25) is 0 Å². The highest BCUT2D eigenvalue weighted by Crippen LogP contribution is 2.17. The lowest BCUT2D eigenvalue weighted by atomic mass is 10.2. The summed E-state index contributed by atoms with van der Waals surface area (Å²) in [5.74, 6) is -1.39. The Morgan fingerprint density at radius 3 is 2.76 bits per heavy atom. The van der Waals surface area contributed by atoms with Gasteiger partial charge in [0.15, 0.2) is 5.03 Å². The molecule has 1 heterocycles. The van der Waals surface area contributed by atoms with E-state index >= 15 is 0 Å². The van der Waals surface area contributed by atoms with E-state index in [1.165, 1.54) is 0 Å². The summed E-state index contributed by atoms with van der Waals surface area (Å²) in [6.45, 7) is 0.624. The van der Waals surface area contributed by atoms with Crippen LogP contribution < -0.4 is 4.72 Å². The standard InChI is InChI=1S/C12H13F2N3O3S/c1-7-10(6-18)12(17-16-7)21(19,20)15-5-8-4-9(13)2-3-11(8)14/h2-4,15,18H,5-6H2,1H3,(H,16,17). The summed E-state index contributed by atoms with van der Waals surface area (Å²) in [5.41, 5.74) is 0.411. The minimum Gasteiger partial charge on any atom is -0.392 e. The number of aryl methyl sites for hydroxylation is 1. The van der Waals surface area contributed by atoms with Crippen LogP contribution in [0.15, 0.2) is 23.2 Å². The molecular formula is C12H13F2N3O3S. The van der Waals surface area contributed by atoms with Crippen LogP contribution in [0, 0.1) is 18.6 Å². The molecule has 0 saturated heterocycles. The minimum absolute atomic E-state index is 0.127. The molecule has 9 heteroatoms. The van der Waals surface area contributed by atoms with Gasteiger partial charge < -0.3 is 5.11 Å². The molecule has 0 spiro atoms. The summed E-state index contributed by atoms with van der Waals surface area (Å²) >= 11 is 0. The highest BCUT2D eigenvalue weighted by atomic mass is 32.2. The Hall–Kier alpha value is -1.84. The SMILES string of the molecule is Cc1[nH]nc(S(=O)(=O)NCc2cc(F)ccc2F)c1CO. The molecule has 21 heavy (non-hydrogen) atoms. The molecule has 114 valence electrons.